The monoisotopic (exact) mass is 290 g/mol. The minimum atomic E-state index is -1.08. The topological polar surface area (TPSA) is 127 Å². The second-order valence-electron chi connectivity index (χ2n) is 4.26. The summed E-state index contributed by atoms with van der Waals surface area (Å²) in [6.45, 7) is 1.68. The van der Waals surface area contributed by atoms with Crippen molar-refractivity contribution in [2.75, 3.05) is 13.2 Å². The van der Waals surface area contributed by atoms with Crippen molar-refractivity contribution in [3.63, 3.8) is 0 Å². The third-order valence-electron chi connectivity index (χ3n) is 2.14. The van der Waals surface area contributed by atoms with E-state index in [1.807, 2.05) is 0 Å². The Morgan fingerprint density at radius 1 is 0.800 bits per heavy atom. The van der Waals surface area contributed by atoms with Gasteiger partial charge < -0.3 is 19.7 Å². The smallest absolute Gasteiger partial charge is 0.306 e. The normalized spacial score (nSPS) is 10.1. The van der Waals surface area contributed by atoms with Gasteiger partial charge in [0.1, 0.15) is 0 Å². The van der Waals surface area contributed by atoms with E-state index < -0.39 is 23.9 Å². The maximum absolute atomic E-state index is 11.1. The van der Waals surface area contributed by atoms with Crippen molar-refractivity contribution in [3.05, 3.63) is 0 Å². The van der Waals surface area contributed by atoms with Crippen LogP contribution in [0.15, 0.2) is 0 Å². The molecule has 2 N–H and O–H groups in total. The molecule has 0 unspecified atom stereocenters. The highest BCUT2D eigenvalue weighted by atomic mass is 16.5. The zero-order chi connectivity index (χ0) is 15.5. The van der Waals surface area contributed by atoms with E-state index in [2.05, 4.69) is 0 Å². The van der Waals surface area contributed by atoms with Crippen LogP contribution in [0.3, 0.4) is 0 Å². The SMILES string of the molecule is CC(COC(=O)CCC(=O)O)COC(=O)CCC(=O)O. The fourth-order valence-corrected chi connectivity index (χ4v) is 1.08. The molecule has 0 amide bonds. The number of ether oxygens (including phenoxy) is 2. The summed E-state index contributed by atoms with van der Waals surface area (Å²) in [5.74, 6) is -3.67. The van der Waals surface area contributed by atoms with Crippen molar-refractivity contribution in [3.8, 4) is 0 Å². The predicted octanol–water partition coefficient (Wildman–Crippen LogP) is 0.438. The Balaban J connectivity index is 3.70. The van der Waals surface area contributed by atoms with Gasteiger partial charge in [0.15, 0.2) is 0 Å². The maximum Gasteiger partial charge on any atom is 0.306 e. The Kier molecular flexibility index (Phi) is 8.73. The van der Waals surface area contributed by atoms with E-state index in [-0.39, 0.29) is 44.8 Å². The average molecular weight is 290 g/mol. The molecule has 0 fully saturated rings. The molecule has 0 atom stereocenters. The first-order valence-corrected chi connectivity index (χ1v) is 6.06. The van der Waals surface area contributed by atoms with Crippen molar-refractivity contribution in [2.45, 2.75) is 32.6 Å². The molecular formula is C12H18O8. The fourth-order valence-electron chi connectivity index (χ4n) is 1.08. The van der Waals surface area contributed by atoms with Gasteiger partial charge in [0.05, 0.1) is 38.9 Å². The van der Waals surface area contributed by atoms with Gasteiger partial charge in [0.25, 0.3) is 0 Å². The van der Waals surface area contributed by atoms with Crippen LogP contribution in [0.4, 0.5) is 0 Å². The van der Waals surface area contributed by atoms with E-state index in [1.54, 1.807) is 6.92 Å². The van der Waals surface area contributed by atoms with Gasteiger partial charge in [-0.15, -0.1) is 0 Å². The summed E-state index contributed by atoms with van der Waals surface area (Å²) < 4.78 is 9.59. The molecule has 0 heterocycles. The summed E-state index contributed by atoms with van der Waals surface area (Å²) in [5.41, 5.74) is 0. The Bertz CT molecular complexity index is 328. The number of rotatable bonds is 10. The lowest BCUT2D eigenvalue weighted by Crippen LogP contribution is -2.19. The second kappa shape index (κ2) is 9.76. The predicted molar refractivity (Wildman–Crippen MR) is 64.8 cm³/mol. The molecule has 0 aromatic heterocycles. The molecule has 0 aliphatic carbocycles. The number of hydrogen-bond acceptors (Lipinski definition) is 6. The minimum absolute atomic E-state index is 0.00463. The summed E-state index contributed by atoms with van der Waals surface area (Å²) in [7, 11) is 0. The van der Waals surface area contributed by atoms with Crippen LogP contribution in [0.5, 0.6) is 0 Å². The summed E-state index contributed by atoms with van der Waals surface area (Å²) >= 11 is 0. The number of carboxylic acid groups (broad SMARTS) is 2. The molecule has 8 heteroatoms. The Morgan fingerprint density at radius 2 is 1.15 bits per heavy atom. The Morgan fingerprint density at radius 3 is 1.45 bits per heavy atom. The first-order valence-electron chi connectivity index (χ1n) is 6.06. The molecular weight excluding hydrogens is 272 g/mol. The van der Waals surface area contributed by atoms with E-state index in [0.717, 1.165) is 0 Å². The Hall–Kier alpha value is -2.12. The standard InChI is InChI=1S/C12H18O8/c1-8(6-19-11(17)4-2-9(13)14)7-20-12(18)5-3-10(15)16/h8H,2-7H2,1H3,(H,13,14)(H,15,16). The van der Waals surface area contributed by atoms with Crippen LogP contribution >= 0.6 is 0 Å². The molecule has 114 valence electrons. The first-order chi connectivity index (χ1) is 9.31. The molecule has 20 heavy (non-hydrogen) atoms. The maximum atomic E-state index is 11.1. The third-order valence-corrected chi connectivity index (χ3v) is 2.14. The summed E-state index contributed by atoms with van der Waals surface area (Å²) in [6.07, 6.45) is -1.00. The van der Waals surface area contributed by atoms with Crippen LogP contribution in [0.25, 0.3) is 0 Å². The first kappa shape index (κ1) is 17.9. The van der Waals surface area contributed by atoms with Crippen LogP contribution in [-0.4, -0.2) is 47.3 Å². The van der Waals surface area contributed by atoms with Crippen LogP contribution in [0, 0.1) is 5.92 Å². The van der Waals surface area contributed by atoms with Crippen molar-refractivity contribution < 1.29 is 38.9 Å². The van der Waals surface area contributed by atoms with Crippen molar-refractivity contribution in [2.24, 2.45) is 5.92 Å². The molecule has 0 aromatic rings. The van der Waals surface area contributed by atoms with Crippen molar-refractivity contribution in [1.29, 1.82) is 0 Å². The van der Waals surface area contributed by atoms with Gasteiger partial charge in [-0.1, -0.05) is 6.92 Å². The van der Waals surface area contributed by atoms with Gasteiger partial charge in [-0.3, -0.25) is 19.2 Å². The van der Waals surface area contributed by atoms with Crippen molar-refractivity contribution >= 4 is 23.9 Å². The van der Waals surface area contributed by atoms with E-state index >= 15 is 0 Å². The zero-order valence-electron chi connectivity index (χ0n) is 11.2. The molecule has 0 spiro atoms. The number of aliphatic carboxylic acids is 2. The van der Waals surface area contributed by atoms with Crippen LogP contribution in [0.1, 0.15) is 32.6 Å². The third kappa shape index (κ3) is 11.0. The van der Waals surface area contributed by atoms with Gasteiger partial charge in [-0.05, 0) is 0 Å². The molecule has 0 bridgehead atoms. The number of carbonyl (C=O) groups is 4. The zero-order valence-corrected chi connectivity index (χ0v) is 11.2. The molecule has 0 saturated carbocycles. The van der Waals surface area contributed by atoms with Gasteiger partial charge in [-0.25, -0.2) is 0 Å². The summed E-state index contributed by atoms with van der Waals surface area (Å²) in [6, 6.07) is 0. The van der Waals surface area contributed by atoms with E-state index in [9.17, 15) is 19.2 Å². The van der Waals surface area contributed by atoms with Crippen molar-refractivity contribution in [1.82, 2.24) is 0 Å². The quantitative estimate of drug-likeness (QED) is 0.555. The highest BCUT2D eigenvalue weighted by Crippen LogP contribution is 2.02. The largest absolute Gasteiger partial charge is 0.481 e. The van der Waals surface area contributed by atoms with E-state index in [0.29, 0.717) is 0 Å². The van der Waals surface area contributed by atoms with Crippen LogP contribution in [-0.2, 0) is 28.7 Å². The highest BCUT2D eigenvalue weighted by molar-refractivity contribution is 5.77. The van der Waals surface area contributed by atoms with Gasteiger partial charge in [0.2, 0.25) is 0 Å². The lowest BCUT2D eigenvalue weighted by atomic mass is 10.2. The minimum Gasteiger partial charge on any atom is -0.481 e. The molecule has 0 saturated heterocycles. The lowest BCUT2D eigenvalue weighted by molar-refractivity contribution is -0.152. The van der Waals surface area contributed by atoms with Gasteiger partial charge in [-0.2, -0.15) is 0 Å². The average Bonchev–Trinajstić information content (AvgIpc) is 2.37. The second-order valence-corrected chi connectivity index (χ2v) is 4.26. The van der Waals surface area contributed by atoms with Gasteiger partial charge >= 0.3 is 23.9 Å². The number of hydrogen-bond donors (Lipinski definition) is 2. The van der Waals surface area contributed by atoms with Crippen LogP contribution < -0.4 is 0 Å². The van der Waals surface area contributed by atoms with E-state index in [4.69, 9.17) is 19.7 Å². The summed E-state index contributed by atoms with van der Waals surface area (Å²) in [4.78, 5) is 42.7. The van der Waals surface area contributed by atoms with Gasteiger partial charge in [0, 0.05) is 5.92 Å². The highest BCUT2D eigenvalue weighted by Gasteiger charge is 2.12. The number of carboxylic acids is 2. The fraction of sp³-hybridized carbons (Fsp3) is 0.667. The van der Waals surface area contributed by atoms with Crippen LogP contribution in [0.2, 0.25) is 0 Å². The number of carbonyl (C=O) groups excluding carboxylic acids is 2. The molecule has 0 radical (unpaired) electrons. The molecule has 8 nitrogen and oxygen atoms in total. The molecule has 0 aliphatic heterocycles. The lowest BCUT2D eigenvalue weighted by Gasteiger charge is -2.12. The van der Waals surface area contributed by atoms with E-state index in [1.165, 1.54) is 0 Å². The molecule has 0 aliphatic rings. The Labute approximate surface area is 115 Å². The number of esters is 2. The molecule has 0 rings (SSSR count). The summed E-state index contributed by atoms with van der Waals surface area (Å²) in [5, 5.41) is 16.7. The molecule has 0 aromatic carbocycles.